The van der Waals surface area contributed by atoms with E-state index in [1.165, 1.54) is 5.69 Å². The van der Waals surface area contributed by atoms with E-state index in [1.807, 2.05) is 56.5 Å². The van der Waals surface area contributed by atoms with Crippen LogP contribution in [0, 0.1) is 0 Å². The summed E-state index contributed by atoms with van der Waals surface area (Å²) in [5.74, 6) is 1.79. The topological polar surface area (TPSA) is 91.4 Å². The molecule has 3 N–H and O–H groups in total. The van der Waals surface area contributed by atoms with E-state index in [0.29, 0.717) is 11.6 Å². The minimum absolute atomic E-state index is 0.0537. The first kappa shape index (κ1) is 25.0. The highest BCUT2D eigenvalue weighted by molar-refractivity contribution is 7.17. The maximum absolute atomic E-state index is 12.2. The summed E-state index contributed by atoms with van der Waals surface area (Å²) in [5.41, 5.74) is 3.59. The second-order valence-corrected chi connectivity index (χ2v) is 11.0. The van der Waals surface area contributed by atoms with Gasteiger partial charge in [0.2, 0.25) is 0 Å². The SMILES string of the molecule is CC(C)(C)NC(=O)COc1cccc(-c2nc(Nc3ccc(N4CCNCC4)cc3)c3sccc3n2)c1. The highest BCUT2D eigenvalue weighted by atomic mass is 32.1. The first-order valence-corrected chi connectivity index (χ1v) is 13.3. The standard InChI is InChI=1S/C28H32N6O2S/c1-28(2,3)33-24(35)18-36-22-6-4-5-19(17-22)26-31-23-11-16-37-25(23)27(32-26)30-20-7-9-21(10-8-20)34-14-12-29-13-15-34/h4-11,16-17,29H,12-15,18H2,1-3H3,(H,33,35)(H,30,31,32). The van der Waals surface area contributed by atoms with Crippen molar-refractivity contribution < 1.29 is 9.53 Å². The van der Waals surface area contributed by atoms with Gasteiger partial charge in [-0.3, -0.25) is 4.79 Å². The Labute approximate surface area is 221 Å². The largest absolute Gasteiger partial charge is 0.484 e. The van der Waals surface area contributed by atoms with Gasteiger partial charge in [-0.1, -0.05) is 12.1 Å². The number of nitrogens with zero attached hydrogens (tertiary/aromatic N) is 3. The number of amides is 1. The summed E-state index contributed by atoms with van der Waals surface area (Å²) >= 11 is 1.61. The number of rotatable bonds is 7. The molecule has 0 unspecified atom stereocenters. The van der Waals surface area contributed by atoms with E-state index in [9.17, 15) is 4.79 Å². The normalized spacial score (nSPS) is 14.0. The fraction of sp³-hybridized carbons (Fsp3) is 0.321. The summed E-state index contributed by atoms with van der Waals surface area (Å²) in [4.78, 5) is 24.2. The molecule has 8 nitrogen and oxygen atoms in total. The van der Waals surface area contributed by atoms with Gasteiger partial charge in [0.25, 0.3) is 5.91 Å². The molecule has 0 bridgehead atoms. The van der Waals surface area contributed by atoms with E-state index < -0.39 is 0 Å². The van der Waals surface area contributed by atoms with E-state index in [0.717, 1.165) is 53.5 Å². The Kier molecular flexibility index (Phi) is 7.25. The first-order chi connectivity index (χ1) is 17.8. The number of carbonyl (C=O) groups is 1. The van der Waals surface area contributed by atoms with Gasteiger partial charge >= 0.3 is 0 Å². The lowest BCUT2D eigenvalue weighted by Crippen LogP contribution is -2.43. The Morgan fingerprint density at radius 1 is 1.08 bits per heavy atom. The summed E-state index contributed by atoms with van der Waals surface area (Å²) in [6.45, 7) is 9.82. The summed E-state index contributed by atoms with van der Waals surface area (Å²) in [5, 5.41) is 11.8. The molecule has 9 heteroatoms. The molecule has 0 saturated carbocycles. The number of benzene rings is 2. The number of fused-ring (bicyclic) bond motifs is 1. The fourth-order valence-electron chi connectivity index (χ4n) is 4.22. The van der Waals surface area contributed by atoms with Crippen molar-refractivity contribution in [3.8, 4) is 17.1 Å². The van der Waals surface area contributed by atoms with Crippen molar-refractivity contribution in [3.05, 3.63) is 60.0 Å². The number of hydrogen-bond donors (Lipinski definition) is 3. The second kappa shape index (κ2) is 10.7. The average Bonchev–Trinajstić information content (AvgIpc) is 3.37. The van der Waals surface area contributed by atoms with E-state index in [4.69, 9.17) is 14.7 Å². The molecule has 0 spiro atoms. The number of hydrogen-bond acceptors (Lipinski definition) is 8. The lowest BCUT2D eigenvalue weighted by Gasteiger charge is -2.29. The minimum Gasteiger partial charge on any atom is -0.484 e. The van der Waals surface area contributed by atoms with Gasteiger partial charge in [0.05, 0.1) is 10.2 Å². The van der Waals surface area contributed by atoms with Crippen LogP contribution in [0.4, 0.5) is 17.2 Å². The molecule has 2 aromatic carbocycles. The maximum atomic E-state index is 12.2. The molecule has 4 aromatic rings. The zero-order valence-electron chi connectivity index (χ0n) is 21.4. The van der Waals surface area contributed by atoms with Crippen LogP contribution in [-0.2, 0) is 4.79 Å². The molecule has 2 aromatic heterocycles. The number of ether oxygens (including phenoxy) is 1. The second-order valence-electron chi connectivity index (χ2n) is 10.1. The third-order valence-corrected chi connectivity index (χ3v) is 6.80. The quantitative estimate of drug-likeness (QED) is 0.325. The fourth-order valence-corrected chi connectivity index (χ4v) is 5.00. The molecule has 0 radical (unpaired) electrons. The number of piperazine rings is 1. The zero-order chi connectivity index (χ0) is 25.8. The highest BCUT2D eigenvalue weighted by Gasteiger charge is 2.16. The Morgan fingerprint density at radius 2 is 1.86 bits per heavy atom. The average molecular weight is 517 g/mol. The summed E-state index contributed by atoms with van der Waals surface area (Å²) in [6.07, 6.45) is 0. The smallest absolute Gasteiger partial charge is 0.258 e. The molecule has 1 aliphatic rings. The van der Waals surface area contributed by atoms with Crippen molar-refractivity contribution in [2.45, 2.75) is 26.3 Å². The van der Waals surface area contributed by atoms with Crippen LogP contribution in [0.25, 0.3) is 21.6 Å². The zero-order valence-corrected chi connectivity index (χ0v) is 22.2. The molecular weight excluding hydrogens is 484 g/mol. The molecular formula is C28H32N6O2S. The molecule has 1 amide bonds. The summed E-state index contributed by atoms with van der Waals surface area (Å²) < 4.78 is 6.75. The molecule has 37 heavy (non-hydrogen) atoms. The minimum atomic E-state index is -0.305. The van der Waals surface area contributed by atoms with Gasteiger partial charge in [0, 0.05) is 48.7 Å². The van der Waals surface area contributed by atoms with Crippen molar-refractivity contribution in [3.63, 3.8) is 0 Å². The van der Waals surface area contributed by atoms with E-state index in [-0.39, 0.29) is 18.1 Å². The van der Waals surface area contributed by atoms with Crippen molar-refractivity contribution in [1.29, 1.82) is 0 Å². The highest BCUT2D eigenvalue weighted by Crippen LogP contribution is 2.32. The summed E-state index contributed by atoms with van der Waals surface area (Å²) in [7, 11) is 0. The first-order valence-electron chi connectivity index (χ1n) is 12.5. The van der Waals surface area contributed by atoms with Gasteiger partial charge in [-0.05, 0) is 68.6 Å². The number of aromatic nitrogens is 2. The molecule has 1 fully saturated rings. The van der Waals surface area contributed by atoms with Gasteiger partial charge in [-0.15, -0.1) is 11.3 Å². The van der Waals surface area contributed by atoms with Crippen LogP contribution in [-0.4, -0.2) is 54.2 Å². The molecule has 192 valence electrons. The number of anilines is 3. The van der Waals surface area contributed by atoms with Crippen LogP contribution in [0.5, 0.6) is 5.75 Å². The van der Waals surface area contributed by atoms with Crippen LogP contribution in [0.15, 0.2) is 60.0 Å². The van der Waals surface area contributed by atoms with E-state index in [2.05, 4.69) is 45.1 Å². The molecule has 1 aliphatic heterocycles. The summed E-state index contributed by atoms with van der Waals surface area (Å²) in [6, 6.07) is 18.0. The number of carbonyl (C=O) groups excluding carboxylic acids is 1. The third kappa shape index (κ3) is 6.36. The van der Waals surface area contributed by atoms with Gasteiger partial charge in [0.15, 0.2) is 18.2 Å². The predicted molar refractivity (Wildman–Crippen MR) is 151 cm³/mol. The predicted octanol–water partition coefficient (Wildman–Crippen LogP) is 4.81. The number of thiophene rings is 1. The third-order valence-electron chi connectivity index (χ3n) is 5.89. The van der Waals surface area contributed by atoms with Crippen LogP contribution in [0.2, 0.25) is 0 Å². The monoisotopic (exact) mass is 516 g/mol. The van der Waals surface area contributed by atoms with Crippen LogP contribution >= 0.6 is 11.3 Å². The molecule has 0 aliphatic carbocycles. The van der Waals surface area contributed by atoms with Gasteiger partial charge in [-0.2, -0.15) is 0 Å². The Balaban J connectivity index is 1.35. The lowest BCUT2D eigenvalue weighted by molar-refractivity contribution is -0.124. The van der Waals surface area contributed by atoms with Crippen LogP contribution < -0.4 is 25.6 Å². The number of nitrogens with one attached hydrogen (secondary N) is 3. The van der Waals surface area contributed by atoms with Crippen LogP contribution in [0.3, 0.4) is 0 Å². The van der Waals surface area contributed by atoms with E-state index in [1.54, 1.807) is 11.3 Å². The lowest BCUT2D eigenvalue weighted by atomic mass is 10.1. The van der Waals surface area contributed by atoms with Crippen molar-refractivity contribution in [1.82, 2.24) is 20.6 Å². The molecule has 5 rings (SSSR count). The molecule has 0 atom stereocenters. The van der Waals surface area contributed by atoms with Crippen molar-refractivity contribution in [2.75, 3.05) is 43.0 Å². The van der Waals surface area contributed by atoms with Crippen molar-refractivity contribution in [2.24, 2.45) is 0 Å². The molecule has 1 saturated heterocycles. The Hall–Kier alpha value is -3.69. The Bertz CT molecular complexity index is 1370. The van der Waals surface area contributed by atoms with Gasteiger partial charge in [0.1, 0.15) is 5.75 Å². The maximum Gasteiger partial charge on any atom is 0.258 e. The van der Waals surface area contributed by atoms with Crippen molar-refractivity contribution >= 4 is 44.7 Å². The van der Waals surface area contributed by atoms with Crippen LogP contribution in [0.1, 0.15) is 20.8 Å². The van der Waals surface area contributed by atoms with Gasteiger partial charge < -0.3 is 25.6 Å². The Morgan fingerprint density at radius 3 is 2.62 bits per heavy atom. The molecule has 3 heterocycles. The van der Waals surface area contributed by atoms with Gasteiger partial charge in [-0.25, -0.2) is 9.97 Å². The van der Waals surface area contributed by atoms with E-state index >= 15 is 0 Å².